The Morgan fingerprint density at radius 1 is 0.650 bits per heavy atom. The van der Waals surface area contributed by atoms with Crippen LogP contribution in [-0.2, 0) is 32.9 Å². The van der Waals surface area contributed by atoms with Gasteiger partial charge in [-0.15, -0.1) is 0 Å². The maximum Gasteiger partial charge on any atom is 0.556 e. The first-order chi connectivity index (χ1) is 46.8. The van der Waals surface area contributed by atoms with E-state index in [4.69, 9.17) is 65.0 Å². The van der Waals surface area contributed by atoms with Crippen LogP contribution in [0.4, 0.5) is 17.3 Å². The number of anilines is 3. The van der Waals surface area contributed by atoms with Crippen molar-refractivity contribution in [3.05, 3.63) is 115 Å². The van der Waals surface area contributed by atoms with Crippen LogP contribution in [0.15, 0.2) is 86.9 Å². The maximum atomic E-state index is 12.0. The highest BCUT2D eigenvalue weighted by atomic mass is 79.9. The van der Waals surface area contributed by atoms with Crippen molar-refractivity contribution >= 4 is 114 Å². The van der Waals surface area contributed by atoms with Crippen molar-refractivity contribution in [3.8, 4) is 29.4 Å². The number of nitrogens with two attached hydrogens (primary N) is 3. The number of aldehydes is 2. The molecule has 4 saturated heterocycles. The van der Waals surface area contributed by atoms with Gasteiger partial charge in [0, 0.05) is 63.0 Å². The highest BCUT2D eigenvalue weighted by Gasteiger charge is 2.62. The Morgan fingerprint density at radius 2 is 1.06 bits per heavy atom. The number of hydrogen-bond donors (Lipinski definition) is 7. The minimum atomic E-state index is -0.964. The first-order valence-corrected chi connectivity index (χ1v) is 34.8. The molecule has 0 saturated carbocycles. The fourth-order valence-corrected chi connectivity index (χ4v) is 11.6. The topological polar surface area (TPSA) is 376 Å². The van der Waals surface area contributed by atoms with Crippen LogP contribution in [-0.4, -0.2) is 136 Å². The second-order valence-corrected chi connectivity index (χ2v) is 30.0. The second kappa shape index (κ2) is 38.6. The summed E-state index contributed by atoms with van der Waals surface area (Å²) in [4.78, 5) is 42.8. The zero-order chi connectivity index (χ0) is 74.5. The summed E-state index contributed by atoms with van der Waals surface area (Å²) in [6, 6.07) is 19.8. The van der Waals surface area contributed by atoms with Gasteiger partial charge in [-0.3, -0.25) is 23.7 Å². The first-order valence-electron chi connectivity index (χ1n) is 33.2. The van der Waals surface area contributed by atoms with Gasteiger partial charge in [0.25, 0.3) is 11.8 Å². The van der Waals surface area contributed by atoms with Gasteiger partial charge in [-0.25, -0.2) is 0 Å². The van der Waals surface area contributed by atoms with Gasteiger partial charge in [0.05, 0.1) is 77.2 Å². The largest absolute Gasteiger partial charge is 0.556 e. The minimum Gasteiger partial charge on any atom is -0.532 e. The smallest absolute Gasteiger partial charge is 0.532 e. The number of benzene rings is 3. The van der Waals surface area contributed by atoms with Crippen LogP contribution in [0.2, 0.25) is 5.72 Å². The number of hydrogen-bond acceptors (Lipinski definition) is 21. The van der Waals surface area contributed by atoms with Gasteiger partial charge in [0.1, 0.15) is 34.7 Å². The molecule has 4 atom stereocenters. The number of aromatic hydroxyl groups is 1. The molecule has 6 aliphatic heterocycles. The Balaban J connectivity index is 0.000000340. The predicted octanol–water partition coefficient (Wildman–Crippen LogP) is 13.3. The molecule has 2 aromatic heterocycles. The summed E-state index contributed by atoms with van der Waals surface area (Å²) in [5, 5.41) is 59.0. The summed E-state index contributed by atoms with van der Waals surface area (Å²) < 4.78 is 51.8. The third-order valence-corrected chi connectivity index (χ3v) is 19.3. The lowest BCUT2D eigenvalue weighted by Gasteiger charge is -2.32. The number of nitrogens with zero attached hydrogens (tertiary/aromatic N) is 6. The third-order valence-electron chi connectivity index (χ3n) is 18.3. The van der Waals surface area contributed by atoms with Crippen LogP contribution in [0.5, 0.6) is 17.2 Å². The Bertz CT molecular complexity index is 3760. The second-order valence-electron chi connectivity index (χ2n) is 28.2. The van der Waals surface area contributed by atoms with Crippen LogP contribution in [0.3, 0.4) is 0 Å². The van der Waals surface area contributed by atoms with Crippen LogP contribution >= 0.6 is 31.9 Å². The SMILES string of the molecule is C.C.C.CC(C)C(B1OC(C)(C)C(C)(C)O1)B1OC(C)(C)C(C)(C)O1.CC(C)C1=Cc2cc(Br)ccc2OB1O.CC(C)C1=Cc2cc(Nc3nn(C4COCC[C@@H]4C#N)cc3C(N)=O)ccc2OB1O.CC(C)C=O.N#C[C@H]1CCOCC1n1cc(C(N)=O)c(N)n1.O=Cc1cc(Br)ccc1O. The summed E-state index contributed by atoms with van der Waals surface area (Å²) in [7, 11) is -2.41. The number of carbonyl (C=O) groups is 4. The van der Waals surface area contributed by atoms with E-state index in [1.807, 2.05) is 78.0 Å². The van der Waals surface area contributed by atoms with Crippen molar-refractivity contribution < 1.29 is 71.7 Å². The molecule has 11 rings (SSSR count). The molecular weight excluding hydrogens is 1450 g/mol. The van der Waals surface area contributed by atoms with E-state index in [0.717, 1.165) is 43.1 Å². The third kappa shape index (κ3) is 23.1. The molecule has 4 fully saturated rings. The van der Waals surface area contributed by atoms with Crippen molar-refractivity contribution in [3.63, 3.8) is 0 Å². The molecule has 8 heterocycles. The number of ether oxygens (including phenoxy) is 2. The number of allylic oxidation sites excluding steroid dienone is 2. The summed E-state index contributed by atoms with van der Waals surface area (Å²) >= 11 is 6.58. The van der Waals surface area contributed by atoms with Gasteiger partial charge in [0.2, 0.25) is 0 Å². The zero-order valence-corrected chi connectivity index (χ0v) is 63.0. The van der Waals surface area contributed by atoms with Gasteiger partial charge in [-0.05, 0) is 152 Å². The van der Waals surface area contributed by atoms with Gasteiger partial charge in [-0.1, -0.05) is 122 Å². The van der Waals surface area contributed by atoms with E-state index >= 15 is 0 Å². The van der Waals surface area contributed by atoms with Crippen molar-refractivity contribution in [2.24, 2.45) is 47.0 Å². The predicted molar refractivity (Wildman–Crippen MR) is 413 cm³/mol. The number of rotatable bonds is 13. The number of fused-ring (bicyclic) bond motifs is 2. The van der Waals surface area contributed by atoms with Crippen LogP contribution in [0.1, 0.15) is 200 Å². The lowest BCUT2D eigenvalue weighted by atomic mass is 9.47. The van der Waals surface area contributed by atoms with Crippen molar-refractivity contribution in [2.45, 2.75) is 186 Å². The van der Waals surface area contributed by atoms with E-state index in [9.17, 15) is 34.5 Å². The van der Waals surface area contributed by atoms with Crippen LogP contribution < -0.4 is 31.8 Å². The summed E-state index contributed by atoms with van der Waals surface area (Å²) in [6.45, 7) is 34.6. The molecule has 10 N–H and O–H groups in total. The average Bonchev–Trinajstić information content (AvgIpc) is 1.61. The molecule has 0 aliphatic carbocycles. The first kappa shape index (κ1) is 89.9. The van der Waals surface area contributed by atoms with Gasteiger partial charge in [0.15, 0.2) is 17.9 Å². The lowest BCUT2D eigenvalue weighted by molar-refractivity contribution is -0.110. The molecule has 5 aromatic rings. The monoisotopic (exact) mass is 1550 g/mol. The van der Waals surface area contributed by atoms with Crippen molar-refractivity contribution in [1.82, 2.24) is 19.6 Å². The molecule has 2 amide bonds. The molecule has 0 spiro atoms. The Labute approximate surface area is 627 Å². The molecule has 3 aromatic carbocycles. The molecule has 560 valence electrons. The highest BCUT2D eigenvalue weighted by molar-refractivity contribution is 9.10. The molecular formula is C72H106B4Br2N10O15. The zero-order valence-electron chi connectivity index (χ0n) is 59.8. The maximum absolute atomic E-state index is 12.0. The van der Waals surface area contributed by atoms with Crippen molar-refractivity contribution in [1.29, 1.82) is 10.5 Å². The normalized spacial score (nSPS) is 19.8. The number of carbonyl (C=O) groups excluding carboxylic acids is 4. The van der Waals surface area contributed by atoms with E-state index in [-0.39, 0.29) is 129 Å². The number of nitrogens with one attached hydrogen (secondary N) is 1. The molecule has 0 radical (unpaired) electrons. The fraction of sp³-hybridized carbons (Fsp3) is 0.528. The molecule has 103 heavy (non-hydrogen) atoms. The number of phenolic OH excluding ortho intramolecular Hbond substituents is 1. The standard InChI is InChI=1S/C21H24BN5O4.C16H32B2O4.C11H12BBrO2.C10H13N5O2.C7H5BrO2.C4H8O.3CH4/c1-12(2)17-8-14-7-15(3-4-19(14)31-22(17)29)25-21-16(20(24)28)10-27(26-21)18-11-30-6-5-13(18)9-23;1-11(2)12(17-19-13(3,4)14(5,6)20-17)18-21-15(7,8)16(9,10)22-18;1-7(2)10-6-8-5-9(13)3-4-11(8)15-12(10)14;11-3-6-1-2-17-5-8(6)15-4-7(10(13)16)9(12)14-15;8-6-1-2-7(10)5(3-6)4-9;1-4(2)3-5;;;/h3-4,7-8,10,12-13,18,29H,5-6,11H2,1-2H3,(H2,24,28)(H,25,26);11-12H,1-10H3;3-7,14H,1-2H3;4,6,8H,1-2,5H2,(H2,12,14)(H2,13,16);1-4,10H;3-4H,1-2H3;3*1H4/t13-,18?;;;6-,8?;;;;;/m1..1...../s1. The summed E-state index contributed by atoms with van der Waals surface area (Å²) in [6.07, 6.45) is 9.72. The number of primary amides is 2. The number of nitrogen functional groups attached to an aromatic ring is 1. The number of amides is 2. The number of halogens is 2. The van der Waals surface area contributed by atoms with E-state index < -0.39 is 26.1 Å². The molecule has 25 nitrogen and oxygen atoms in total. The Kier molecular flexibility index (Phi) is 33.7. The van der Waals surface area contributed by atoms with Crippen LogP contribution in [0, 0.1) is 58.2 Å². The number of aromatic nitrogens is 4. The van der Waals surface area contributed by atoms with Crippen LogP contribution in [0.25, 0.3) is 12.2 Å². The quantitative estimate of drug-likeness (QED) is 0.0425. The van der Waals surface area contributed by atoms with E-state index in [1.165, 1.54) is 16.9 Å². The highest BCUT2D eigenvalue weighted by Crippen LogP contribution is 2.48. The average molecular weight is 1550 g/mol. The van der Waals surface area contributed by atoms with Gasteiger partial charge < -0.3 is 79.9 Å². The fourth-order valence-electron chi connectivity index (χ4n) is 10.8. The Hall–Kier alpha value is -7.28. The minimum absolute atomic E-state index is 0. The summed E-state index contributed by atoms with van der Waals surface area (Å²) in [5.74, 6) is 0.948. The van der Waals surface area contributed by atoms with E-state index in [1.54, 1.807) is 35.1 Å². The molecule has 6 aliphatic rings. The molecule has 31 heteroatoms. The number of phenols is 1. The summed E-state index contributed by atoms with van der Waals surface area (Å²) in [5.41, 5.74) is 19.9. The Morgan fingerprint density at radius 3 is 1.45 bits per heavy atom. The molecule has 2 unspecified atom stereocenters. The van der Waals surface area contributed by atoms with Gasteiger partial charge in [-0.2, -0.15) is 20.7 Å². The van der Waals surface area contributed by atoms with Crippen molar-refractivity contribution in [2.75, 3.05) is 37.5 Å². The molecule has 0 bridgehead atoms. The van der Waals surface area contributed by atoms with E-state index in [2.05, 4.69) is 129 Å². The lowest BCUT2D eigenvalue weighted by Crippen LogP contribution is -2.41. The number of nitriles is 2. The van der Waals surface area contributed by atoms with Gasteiger partial charge >= 0.3 is 28.5 Å². The van der Waals surface area contributed by atoms with E-state index in [0.29, 0.717) is 74.3 Å².